The van der Waals surface area contributed by atoms with Crippen LogP contribution in [0.15, 0.2) is 24.5 Å². The van der Waals surface area contributed by atoms with Crippen LogP contribution in [0.25, 0.3) is 0 Å². The Morgan fingerprint density at radius 3 is 3.05 bits per heavy atom. The maximum atomic E-state index is 12.2. The lowest BCUT2D eigenvalue weighted by Crippen LogP contribution is -2.31. The molecule has 1 amide bonds. The van der Waals surface area contributed by atoms with E-state index in [4.69, 9.17) is 4.74 Å². The molecule has 0 spiro atoms. The van der Waals surface area contributed by atoms with Gasteiger partial charge < -0.3 is 9.64 Å². The number of hydrogen-bond donors (Lipinski definition) is 0. The second-order valence-electron chi connectivity index (χ2n) is 5.57. The van der Waals surface area contributed by atoms with Gasteiger partial charge in [-0.05, 0) is 36.8 Å². The van der Waals surface area contributed by atoms with Gasteiger partial charge in [0.05, 0.1) is 12.5 Å². The van der Waals surface area contributed by atoms with Gasteiger partial charge in [0, 0.05) is 32.1 Å². The number of amides is 1. The van der Waals surface area contributed by atoms with Crippen LogP contribution in [0.2, 0.25) is 0 Å². The van der Waals surface area contributed by atoms with Gasteiger partial charge in [-0.1, -0.05) is 6.07 Å². The number of nitrogens with zero attached hydrogens (tertiary/aromatic N) is 2. The van der Waals surface area contributed by atoms with Crippen molar-refractivity contribution in [3.05, 3.63) is 30.1 Å². The highest BCUT2D eigenvalue weighted by molar-refractivity contribution is 5.79. The van der Waals surface area contributed by atoms with E-state index in [0.717, 1.165) is 37.6 Å². The summed E-state index contributed by atoms with van der Waals surface area (Å²) in [5.74, 6) is 0.977. The molecule has 0 aromatic carbocycles. The lowest BCUT2D eigenvalue weighted by atomic mass is 10.2. The maximum absolute atomic E-state index is 12.2. The fourth-order valence-electron chi connectivity index (χ4n) is 2.44. The lowest BCUT2D eigenvalue weighted by Gasteiger charge is -2.16. The third kappa shape index (κ3) is 3.53. The molecular weight excluding hydrogens is 240 g/mol. The Balaban J connectivity index is 1.45. The van der Waals surface area contributed by atoms with Gasteiger partial charge in [0.1, 0.15) is 0 Å². The van der Waals surface area contributed by atoms with Gasteiger partial charge in [0.25, 0.3) is 0 Å². The Bertz CT molecular complexity index is 431. The molecule has 1 aromatic heterocycles. The molecule has 3 rings (SSSR count). The lowest BCUT2D eigenvalue weighted by molar-refractivity contribution is -0.130. The predicted molar refractivity (Wildman–Crippen MR) is 71.6 cm³/mol. The van der Waals surface area contributed by atoms with Crippen LogP contribution in [0, 0.1) is 5.92 Å². The van der Waals surface area contributed by atoms with Crippen LogP contribution in [0.5, 0.6) is 0 Å². The van der Waals surface area contributed by atoms with E-state index in [0.29, 0.717) is 6.42 Å². The molecular formula is C15H20N2O2. The van der Waals surface area contributed by atoms with Gasteiger partial charge in [-0.3, -0.25) is 9.78 Å². The Morgan fingerprint density at radius 2 is 2.32 bits per heavy atom. The van der Waals surface area contributed by atoms with E-state index in [1.54, 1.807) is 12.4 Å². The van der Waals surface area contributed by atoms with Crippen molar-refractivity contribution in [3.63, 3.8) is 0 Å². The summed E-state index contributed by atoms with van der Waals surface area (Å²) in [7, 11) is 0. The smallest absolute Gasteiger partial charge is 0.227 e. The molecule has 2 aliphatic rings. The summed E-state index contributed by atoms with van der Waals surface area (Å²) in [5, 5.41) is 0. The van der Waals surface area contributed by atoms with Crippen molar-refractivity contribution in [2.45, 2.75) is 31.8 Å². The number of carbonyl (C=O) groups is 1. The Hall–Kier alpha value is -1.42. The highest BCUT2D eigenvalue weighted by Gasteiger charge is 2.29. The Labute approximate surface area is 113 Å². The molecule has 2 fully saturated rings. The van der Waals surface area contributed by atoms with Crippen LogP contribution in [0.4, 0.5) is 0 Å². The fourth-order valence-corrected chi connectivity index (χ4v) is 2.44. The number of hydrogen-bond acceptors (Lipinski definition) is 3. The van der Waals surface area contributed by atoms with Crippen LogP contribution in [0.1, 0.15) is 24.8 Å². The minimum absolute atomic E-state index is 0.186. The van der Waals surface area contributed by atoms with E-state index in [1.165, 1.54) is 12.8 Å². The molecule has 1 aliphatic heterocycles. The second-order valence-corrected chi connectivity index (χ2v) is 5.57. The Morgan fingerprint density at radius 1 is 1.42 bits per heavy atom. The van der Waals surface area contributed by atoms with Gasteiger partial charge >= 0.3 is 0 Å². The molecule has 1 aliphatic carbocycles. The molecule has 4 nitrogen and oxygen atoms in total. The molecule has 0 N–H and O–H groups in total. The van der Waals surface area contributed by atoms with Crippen molar-refractivity contribution in [2.24, 2.45) is 5.92 Å². The molecule has 1 saturated heterocycles. The monoisotopic (exact) mass is 260 g/mol. The number of pyridine rings is 1. The zero-order valence-corrected chi connectivity index (χ0v) is 11.1. The first-order valence-electron chi connectivity index (χ1n) is 7.09. The van der Waals surface area contributed by atoms with Crippen molar-refractivity contribution in [2.75, 3.05) is 19.7 Å². The minimum Gasteiger partial charge on any atom is -0.376 e. The predicted octanol–water partition coefficient (Wildman–Crippen LogP) is 1.65. The van der Waals surface area contributed by atoms with Crippen molar-refractivity contribution in [1.82, 2.24) is 9.88 Å². The van der Waals surface area contributed by atoms with Crippen LogP contribution < -0.4 is 0 Å². The fraction of sp³-hybridized carbons (Fsp3) is 0.600. The summed E-state index contributed by atoms with van der Waals surface area (Å²) in [4.78, 5) is 18.1. The van der Waals surface area contributed by atoms with Gasteiger partial charge in [-0.25, -0.2) is 0 Å². The van der Waals surface area contributed by atoms with E-state index >= 15 is 0 Å². The average molecular weight is 260 g/mol. The number of rotatable bonds is 5. The average Bonchev–Trinajstić information content (AvgIpc) is 3.14. The van der Waals surface area contributed by atoms with Crippen LogP contribution in [-0.2, 0) is 16.0 Å². The van der Waals surface area contributed by atoms with Crippen molar-refractivity contribution >= 4 is 5.91 Å². The first kappa shape index (κ1) is 12.6. The topological polar surface area (TPSA) is 42.4 Å². The first-order valence-corrected chi connectivity index (χ1v) is 7.09. The van der Waals surface area contributed by atoms with Crippen molar-refractivity contribution in [1.29, 1.82) is 0 Å². The summed E-state index contributed by atoms with van der Waals surface area (Å²) in [6.45, 7) is 2.47. The van der Waals surface area contributed by atoms with Gasteiger partial charge in [-0.15, -0.1) is 0 Å². The molecule has 2 heterocycles. The number of ether oxygens (including phenoxy) is 1. The number of aromatic nitrogens is 1. The zero-order chi connectivity index (χ0) is 13.1. The van der Waals surface area contributed by atoms with Crippen LogP contribution >= 0.6 is 0 Å². The summed E-state index contributed by atoms with van der Waals surface area (Å²) in [5.41, 5.74) is 0.981. The molecule has 0 bridgehead atoms. The largest absolute Gasteiger partial charge is 0.376 e. The van der Waals surface area contributed by atoms with Crippen molar-refractivity contribution in [3.8, 4) is 0 Å². The molecule has 4 heteroatoms. The maximum Gasteiger partial charge on any atom is 0.227 e. The first-order chi connectivity index (χ1) is 9.31. The summed E-state index contributed by atoms with van der Waals surface area (Å²) in [6.07, 6.45) is 7.79. The van der Waals surface area contributed by atoms with Crippen molar-refractivity contribution < 1.29 is 9.53 Å². The number of carbonyl (C=O) groups excluding carboxylic acids is 1. The van der Waals surface area contributed by atoms with Gasteiger partial charge in [-0.2, -0.15) is 0 Å². The Kier molecular flexibility index (Phi) is 3.78. The molecule has 0 radical (unpaired) electrons. The SMILES string of the molecule is O=C(Cc1cccnc1)N1CCC(OCC2CC2)C1. The summed E-state index contributed by atoms with van der Waals surface area (Å²) < 4.78 is 5.85. The van der Waals surface area contributed by atoms with E-state index in [2.05, 4.69) is 4.98 Å². The van der Waals surface area contributed by atoms with Crippen LogP contribution in [-0.4, -0.2) is 41.6 Å². The third-order valence-electron chi connectivity index (χ3n) is 3.84. The van der Waals surface area contributed by atoms with E-state index < -0.39 is 0 Å². The summed E-state index contributed by atoms with van der Waals surface area (Å²) >= 11 is 0. The van der Waals surface area contributed by atoms with Crippen LogP contribution in [0.3, 0.4) is 0 Å². The molecule has 19 heavy (non-hydrogen) atoms. The van der Waals surface area contributed by atoms with E-state index in [9.17, 15) is 4.79 Å². The van der Waals surface area contributed by atoms with E-state index in [1.807, 2.05) is 17.0 Å². The molecule has 1 aromatic rings. The highest BCUT2D eigenvalue weighted by Crippen LogP contribution is 2.30. The number of likely N-dealkylation sites (tertiary alicyclic amines) is 1. The minimum atomic E-state index is 0.186. The quantitative estimate of drug-likeness (QED) is 0.808. The highest BCUT2D eigenvalue weighted by atomic mass is 16.5. The van der Waals surface area contributed by atoms with Gasteiger partial charge in [0.15, 0.2) is 0 Å². The third-order valence-corrected chi connectivity index (χ3v) is 3.84. The second kappa shape index (κ2) is 5.70. The normalized spacial score (nSPS) is 22.7. The molecule has 1 atom stereocenters. The molecule has 102 valence electrons. The standard InChI is InChI=1S/C15H20N2O2/c18-15(8-13-2-1-6-16-9-13)17-7-5-14(10-17)19-11-12-3-4-12/h1-2,6,9,12,14H,3-5,7-8,10-11H2. The summed E-state index contributed by atoms with van der Waals surface area (Å²) in [6, 6.07) is 3.82. The molecule has 1 unspecified atom stereocenters. The zero-order valence-electron chi connectivity index (χ0n) is 11.1. The molecule has 1 saturated carbocycles. The van der Waals surface area contributed by atoms with E-state index in [-0.39, 0.29) is 12.0 Å². The van der Waals surface area contributed by atoms with Gasteiger partial charge in [0.2, 0.25) is 5.91 Å².